The quantitative estimate of drug-likeness (QED) is 0.599. The van der Waals surface area contributed by atoms with Crippen LogP contribution < -0.4 is 16.0 Å². The van der Waals surface area contributed by atoms with Crippen LogP contribution in [0.25, 0.3) is 0 Å². The number of nitrogens with one attached hydrogen (secondary N) is 3. The predicted octanol–water partition coefficient (Wildman–Crippen LogP) is 4.69. The van der Waals surface area contributed by atoms with Crippen LogP contribution in [0.15, 0.2) is 66.9 Å². The number of aromatic nitrogens is 1. The molecule has 27 heavy (non-hydrogen) atoms. The van der Waals surface area contributed by atoms with Crippen molar-refractivity contribution in [3.05, 3.63) is 77.4 Å². The highest BCUT2D eigenvalue weighted by molar-refractivity contribution is 6.30. The first-order valence-electron chi connectivity index (χ1n) is 8.17. The summed E-state index contributed by atoms with van der Waals surface area (Å²) < 4.78 is 0. The number of nitrogens with zero attached hydrogens (tertiary/aromatic N) is 1. The molecule has 0 saturated heterocycles. The van der Waals surface area contributed by atoms with Gasteiger partial charge in [-0.05, 0) is 54.6 Å². The number of carbonyl (C=O) groups is 2. The minimum absolute atomic E-state index is 0.147. The fraction of sp³-hybridized carbons (Fsp3) is 0.0500. The van der Waals surface area contributed by atoms with Crippen LogP contribution in [-0.2, 0) is 4.79 Å². The number of anilines is 4. The summed E-state index contributed by atoms with van der Waals surface area (Å²) in [5.41, 5.74) is 2.52. The molecular weight excluding hydrogens is 364 g/mol. The van der Waals surface area contributed by atoms with Crippen molar-refractivity contribution in [1.82, 2.24) is 4.98 Å². The van der Waals surface area contributed by atoms with Gasteiger partial charge in [0, 0.05) is 40.8 Å². The van der Waals surface area contributed by atoms with E-state index in [-0.39, 0.29) is 11.8 Å². The van der Waals surface area contributed by atoms with Crippen molar-refractivity contribution in [3.63, 3.8) is 0 Å². The number of carbonyl (C=O) groups excluding carboxylic acids is 2. The molecule has 136 valence electrons. The second-order valence-electron chi connectivity index (χ2n) is 5.78. The normalized spacial score (nSPS) is 10.1. The Bertz CT molecular complexity index is 974. The van der Waals surface area contributed by atoms with E-state index in [0.29, 0.717) is 27.8 Å². The highest BCUT2D eigenvalue weighted by Crippen LogP contribution is 2.20. The summed E-state index contributed by atoms with van der Waals surface area (Å²) in [5, 5.41) is 9.25. The molecule has 3 aromatic rings. The van der Waals surface area contributed by atoms with Crippen molar-refractivity contribution >= 4 is 46.3 Å². The predicted molar refractivity (Wildman–Crippen MR) is 108 cm³/mol. The Morgan fingerprint density at radius 1 is 0.889 bits per heavy atom. The van der Waals surface area contributed by atoms with Crippen LogP contribution in [0.4, 0.5) is 22.9 Å². The molecule has 1 heterocycles. The Hall–Kier alpha value is -3.38. The molecule has 2 amide bonds. The molecule has 0 fully saturated rings. The first-order valence-corrected chi connectivity index (χ1v) is 8.55. The maximum atomic E-state index is 12.4. The van der Waals surface area contributed by atoms with E-state index in [0.717, 1.165) is 5.69 Å². The second-order valence-corrected chi connectivity index (χ2v) is 6.21. The van der Waals surface area contributed by atoms with E-state index in [2.05, 4.69) is 20.9 Å². The van der Waals surface area contributed by atoms with E-state index in [9.17, 15) is 9.59 Å². The summed E-state index contributed by atoms with van der Waals surface area (Å²) in [6.45, 7) is 1.45. The molecule has 0 aliphatic carbocycles. The molecule has 1 aromatic heterocycles. The lowest BCUT2D eigenvalue weighted by Gasteiger charge is -2.10. The number of hydrogen-bond acceptors (Lipinski definition) is 4. The molecule has 0 radical (unpaired) electrons. The fourth-order valence-electron chi connectivity index (χ4n) is 2.40. The van der Waals surface area contributed by atoms with Gasteiger partial charge in [-0.1, -0.05) is 17.7 Å². The van der Waals surface area contributed by atoms with E-state index in [1.807, 2.05) is 12.1 Å². The zero-order chi connectivity index (χ0) is 19.2. The molecule has 2 aromatic carbocycles. The van der Waals surface area contributed by atoms with Gasteiger partial charge in [0.2, 0.25) is 5.91 Å². The highest BCUT2D eigenvalue weighted by Gasteiger charge is 2.08. The van der Waals surface area contributed by atoms with Gasteiger partial charge < -0.3 is 16.0 Å². The number of pyridine rings is 1. The van der Waals surface area contributed by atoms with Gasteiger partial charge in [-0.15, -0.1) is 0 Å². The van der Waals surface area contributed by atoms with Crippen LogP contribution in [-0.4, -0.2) is 16.8 Å². The largest absolute Gasteiger partial charge is 0.340 e. The Labute approximate surface area is 161 Å². The summed E-state index contributed by atoms with van der Waals surface area (Å²) in [6.07, 6.45) is 1.55. The fourth-order valence-corrected chi connectivity index (χ4v) is 2.53. The molecular formula is C20H17ClN4O2. The van der Waals surface area contributed by atoms with Crippen molar-refractivity contribution < 1.29 is 9.59 Å². The van der Waals surface area contributed by atoms with Crippen LogP contribution in [0.2, 0.25) is 5.02 Å². The average molecular weight is 381 g/mol. The van der Waals surface area contributed by atoms with Gasteiger partial charge >= 0.3 is 0 Å². The van der Waals surface area contributed by atoms with E-state index in [1.165, 1.54) is 6.92 Å². The van der Waals surface area contributed by atoms with Gasteiger partial charge in [0.1, 0.15) is 5.82 Å². The van der Waals surface area contributed by atoms with Crippen LogP contribution in [0, 0.1) is 0 Å². The molecule has 7 heteroatoms. The van der Waals surface area contributed by atoms with Gasteiger partial charge in [-0.3, -0.25) is 9.59 Å². The van der Waals surface area contributed by atoms with Crippen LogP contribution in [0.1, 0.15) is 17.3 Å². The van der Waals surface area contributed by atoms with Gasteiger partial charge in [0.25, 0.3) is 5.91 Å². The smallest absolute Gasteiger partial charge is 0.255 e. The minimum atomic E-state index is -0.255. The molecule has 0 atom stereocenters. The SMILES string of the molecule is CC(=O)Nc1cccc(Nc2cc(C(=O)Nc3ccc(Cl)cc3)ccn2)c1. The van der Waals surface area contributed by atoms with Crippen molar-refractivity contribution in [1.29, 1.82) is 0 Å². The standard InChI is InChI=1S/C20H17ClN4O2/c1-13(26)23-17-3-2-4-18(12-17)24-19-11-14(9-10-22-19)20(27)25-16-7-5-15(21)6-8-16/h2-12H,1H3,(H,22,24)(H,23,26)(H,25,27). The van der Waals surface area contributed by atoms with Crippen molar-refractivity contribution in [2.24, 2.45) is 0 Å². The highest BCUT2D eigenvalue weighted by atomic mass is 35.5. The number of hydrogen-bond donors (Lipinski definition) is 3. The molecule has 0 spiro atoms. The zero-order valence-corrected chi connectivity index (χ0v) is 15.2. The Morgan fingerprint density at radius 2 is 1.63 bits per heavy atom. The molecule has 6 nitrogen and oxygen atoms in total. The number of rotatable bonds is 5. The monoisotopic (exact) mass is 380 g/mol. The molecule has 3 N–H and O–H groups in total. The molecule has 0 aliphatic rings. The third kappa shape index (κ3) is 5.29. The van der Waals surface area contributed by atoms with E-state index in [4.69, 9.17) is 11.6 Å². The lowest BCUT2D eigenvalue weighted by molar-refractivity contribution is -0.114. The topological polar surface area (TPSA) is 83.1 Å². The lowest BCUT2D eigenvalue weighted by Crippen LogP contribution is -2.12. The van der Waals surface area contributed by atoms with Crippen molar-refractivity contribution in [2.75, 3.05) is 16.0 Å². The average Bonchev–Trinajstić information content (AvgIpc) is 2.63. The third-order valence-electron chi connectivity index (χ3n) is 3.58. The Morgan fingerprint density at radius 3 is 2.37 bits per heavy atom. The molecule has 3 rings (SSSR count). The molecule has 0 aliphatic heterocycles. The Balaban J connectivity index is 1.72. The number of benzene rings is 2. The van der Waals surface area contributed by atoms with E-state index >= 15 is 0 Å². The first-order chi connectivity index (χ1) is 13.0. The summed E-state index contributed by atoms with van der Waals surface area (Å²) in [5.74, 6) is 0.111. The second kappa shape index (κ2) is 8.33. The van der Waals surface area contributed by atoms with Crippen LogP contribution >= 0.6 is 11.6 Å². The van der Waals surface area contributed by atoms with E-state index in [1.54, 1.807) is 54.7 Å². The van der Waals surface area contributed by atoms with Gasteiger partial charge in [0.15, 0.2) is 0 Å². The van der Waals surface area contributed by atoms with Crippen molar-refractivity contribution in [3.8, 4) is 0 Å². The van der Waals surface area contributed by atoms with Gasteiger partial charge in [0.05, 0.1) is 0 Å². The van der Waals surface area contributed by atoms with Crippen LogP contribution in [0.5, 0.6) is 0 Å². The molecule has 0 unspecified atom stereocenters. The lowest BCUT2D eigenvalue weighted by atomic mass is 10.2. The number of halogens is 1. The zero-order valence-electron chi connectivity index (χ0n) is 14.5. The first kappa shape index (κ1) is 18.4. The third-order valence-corrected chi connectivity index (χ3v) is 3.83. The maximum absolute atomic E-state index is 12.4. The van der Waals surface area contributed by atoms with Crippen LogP contribution in [0.3, 0.4) is 0 Å². The number of amides is 2. The van der Waals surface area contributed by atoms with Gasteiger partial charge in [-0.25, -0.2) is 4.98 Å². The summed E-state index contributed by atoms with van der Waals surface area (Å²) in [7, 11) is 0. The summed E-state index contributed by atoms with van der Waals surface area (Å²) >= 11 is 5.85. The Kier molecular flexibility index (Phi) is 5.68. The summed E-state index contributed by atoms with van der Waals surface area (Å²) in [4.78, 5) is 27.8. The van der Waals surface area contributed by atoms with Gasteiger partial charge in [-0.2, -0.15) is 0 Å². The van der Waals surface area contributed by atoms with E-state index < -0.39 is 0 Å². The minimum Gasteiger partial charge on any atom is -0.340 e. The summed E-state index contributed by atoms with van der Waals surface area (Å²) in [6, 6.07) is 17.4. The molecule has 0 bridgehead atoms. The maximum Gasteiger partial charge on any atom is 0.255 e. The van der Waals surface area contributed by atoms with Crippen molar-refractivity contribution in [2.45, 2.75) is 6.92 Å². The molecule has 0 saturated carbocycles.